The van der Waals surface area contributed by atoms with E-state index in [-0.39, 0.29) is 10.6 Å². The zero-order valence-corrected chi connectivity index (χ0v) is 11.6. The highest BCUT2D eigenvalue weighted by Gasteiger charge is 2.13. The smallest absolute Gasteiger partial charge is 0.310 e. The molecule has 0 atom stereocenters. The molecular weight excluding hydrogens is 296 g/mol. The maximum atomic E-state index is 11.1. The van der Waals surface area contributed by atoms with Crippen molar-refractivity contribution >= 4 is 21.4 Å². The van der Waals surface area contributed by atoms with Gasteiger partial charge >= 0.3 is 5.69 Å². The van der Waals surface area contributed by atoms with E-state index in [1.165, 1.54) is 24.4 Å². The summed E-state index contributed by atoms with van der Waals surface area (Å²) in [6.45, 7) is 0.301. The molecule has 0 spiro atoms. The highest BCUT2D eigenvalue weighted by Crippen LogP contribution is 2.22. The van der Waals surface area contributed by atoms with Crippen LogP contribution in [0.3, 0.4) is 0 Å². The molecule has 0 amide bonds. The Kier molecular flexibility index (Phi) is 4.15. The lowest BCUT2D eigenvalue weighted by atomic mass is 10.2. The molecule has 0 aliphatic heterocycles. The van der Waals surface area contributed by atoms with Crippen LogP contribution in [0.15, 0.2) is 47.6 Å². The first-order valence-electron chi connectivity index (χ1n) is 5.82. The van der Waals surface area contributed by atoms with Crippen LogP contribution < -0.4 is 10.5 Å². The lowest BCUT2D eigenvalue weighted by molar-refractivity contribution is -0.384. The minimum absolute atomic E-state index is 0.0149. The molecule has 1 heterocycles. The Morgan fingerprint density at radius 3 is 2.48 bits per heavy atom. The van der Waals surface area contributed by atoms with Crippen molar-refractivity contribution in [3.8, 4) is 0 Å². The van der Waals surface area contributed by atoms with E-state index in [4.69, 9.17) is 5.14 Å². The Balaban J connectivity index is 2.12. The Bertz CT molecular complexity index is 759. The van der Waals surface area contributed by atoms with Crippen molar-refractivity contribution in [2.24, 2.45) is 5.14 Å². The monoisotopic (exact) mass is 308 g/mol. The van der Waals surface area contributed by atoms with Gasteiger partial charge in [0.2, 0.25) is 10.0 Å². The van der Waals surface area contributed by atoms with Gasteiger partial charge in [0.1, 0.15) is 11.9 Å². The van der Waals surface area contributed by atoms with Crippen molar-refractivity contribution in [2.75, 3.05) is 5.32 Å². The van der Waals surface area contributed by atoms with Crippen LogP contribution in [0.25, 0.3) is 0 Å². The number of anilines is 1. The summed E-state index contributed by atoms with van der Waals surface area (Å²) in [5, 5.41) is 18.7. The number of hydrogen-bond donors (Lipinski definition) is 2. The summed E-state index contributed by atoms with van der Waals surface area (Å²) in [6, 6.07) is 7.43. The zero-order valence-electron chi connectivity index (χ0n) is 10.8. The quantitative estimate of drug-likeness (QED) is 0.632. The second-order valence-corrected chi connectivity index (χ2v) is 5.75. The van der Waals surface area contributed by atoms with Crippen molar-refractivity contribution in [1.29, 1.82) is 0 Å². The first-order valence-corrected chi connectivity index (χ1v) is 7.36. The highest BCUT2D eigenvalue weighted by atomic mass is 32.2. The van der Waals surface area contributed by atoms with E-state index in [1.807, 2.05) is 0 Å². The number of nitrogens with one attached hydrogen (secondary N) is 1. The van der Waals surface area contributed by atoms with Gasteiger partial charge in [-0.3, -0.25) is 15.1 Å². The third kappa shape index (κ3) is 3.74. The highest BCUT2D eigenvalue weighted by molar-refractivity contribution is 7.89. The topological polar surface area (TPSA) is 128 Å². The maximum absolute atomic E-state index is 11.1. The predicted molar refractivity (Wildman–Crippen MR) is 76.0 cm³/mol. The van der Waals surface area contributed by atoms with Crippen molar-refractivity contribution in [2.45, 2.75) is 11.4 Å². The SMILES string of the molecule is NS(=O)(=O)c1ccc(CNc2ccncc2[N+](=O)[O-])cc1. The lowest BCUT2D eigenvalue weighted by Gasteiger charge is -2.07. The summed E-state index contributed by atoms with van der Waals surface area (Å²) < 4.78 is 22.2. The summed E-state index contributed by atoms with van der Waals surface area (Å²) in [4.78, 5) is 14.0. The number of aromatic nitrogens is 1. The van der Waals surface area contributed by atoms with Crippen LogP contribution in [0.4, 0.5) is 11.4 Å². The normalized spacial score (nSPS) is 11.1. The lowest BCUT2D eigenvalue weighted by Crippen LogP contribution is -2.12. The van der Waals surface area contributed by atoms with E-state index in [2.05, 4.69) is 10.3 Å². The van der Waals surface area contributed by atoms with Crippen LogP contribution in [-0.2, 0) is 16.6 Å². The van der Waals surface area contributed by atoms with E-state index in [0.717, 1.165) is 11.8 Å². The second kappa shape index (κ2) is 5.85. The summed E-state index contributed by atoms with van der Waals surface area (Å²) in [6.07, 6.45) is 2.60. The van der Waals surface area contributed by atoms with Gasteiger partial charge in [-0.1, -0.05) is 12.1 Å². The first-order chi connectivity index (χ1) is 9.88. The van der Waals surface area contributed by atoms with Gasteiger partial charge in [-0.05, 0) is 23.8 Å². The van der Waals surface area contributed by atoms with Gasteiger partial charge in [0, 0.05) is 12.7 Å². The van der Waals surface area contributed by atoms with E-state index in [0.29, 0.717) is 12.2 Å². The van der Waals surface area contributed by atoms with Gasteiger partial charge in [-0.2, -0.15) is 0 Å². The number of hydrogen-bond acceptors (Lipinski definition) is 6. The third-order valence-corrected chi connectivity index (χ3v) is 3.66. The van der Waals surface area contributed by atoms with E-state index >= 15 is 0 Å². The number of pyridine rings is 1. The summed E-state index contributed by atoms with van der Waals surface area (Å²) in [5.74, 6) is 0. The molecule has 0 radical (unpaired) electrons. The fraction of sp³-hybridized carbons (Fsp3) is 0.0833. The Hall–Kier alpha value is -2.52. The average molecular weight is 308 g/mol. The van der Waals surface area contributed by atoms with Crippen LogP contribution in [0.1, 0.15) is 5.56 Å². The molecule has 0 aliphatic rings. The first kappa shape index (κ1) is 14.9. The van der Waals surface area contributed by atoms with Gasteiger partial charge in [-0.25, -0.2) is 13.6 Å². The van der Waals surface area contributed by atoms with E-state index in [9.17, 15) is 18.5 Å². The fourth-order valence-electron chi connectivity index (χ4n) is 1.68. The number of nitrogens with zero attached hydrogens (tertiary/aromatic N) is 2. The second-order valence-electron chi connectivity index (χ2n) is 4.19. The molecule has 0 aliphatic carbocycles. The number of primary sulfonamides is 1. The largest absolute Gasteiger partial charge is 0.375 e. The Morgan fingerprint density at radius 1 is 1.24 bits per heavy atom. The van der Waals surface area contributed by atoms with Crippen LogP contribution in [0.2, 0.25) is 0 Å². The molecule has 3 N–H and O–H groups in total. The number of sulfonamides is 1. The maximum Gasteiger partial charge on any atom is 0.310 e. The number of rotatable bonds is 5. The van der Waals surface area contributed by atoms with E-state index < -0.39 is 14.9 Å². The third-order valence-electron chi connectivity index (χ3n) is 2.73. The molecular formula is C12H12N4O4S. The molecule has 0 saturated heterocycles. The molecule has 110 valence electrons. The van der Waals surface area contributed by atoms with Crippen LogP contribution in [0.5, 0.6) is 0 Å². The number of benzene rings is 1. The average Bonchev–Trinajstić information content (AvgIpc) is 2.45. The Labute approximate surface area is 120 Å². The molecule has 2 aromatic rings. The molecule has 2 rings (SSSR count). The fourth-order valence-corrected chi connectivity index (χ4v) is 2.19. The summed E-state index contributed by atoms with van der Waals surface area (Å²) in [5.41, 5.74) is 0.970. The molecule has 0 unspecified atom stereocenters. The standard InChI is InChI=1S/C12H12N4O4S/c13-21(19,20)10-3-1-9(2-4-10)7-15-11-5-6-14-8-12(11)16(17)18/h1-6,8H,7H2,(H,14,15)(H2,13,19,20). The molecule has 1 aromatic carbocycles. The predicted octanol–water partition coefficient (Wildman–Crippen LogP) is 1.25. The number of nitrogens with two attached hydrogens (primary N) is 1. The van der Waals surface area contributed by atoms with Crippen molar-refractivity contribution in [1.82, 2.24) is 4.98 Å². The van der Waals surface area contributed by atoms with Gasteiger partial charge in [-0.15, -0.1) is 0 Å². The molecule has 21 heavy (non-hydrogen) atoms. The molecule has 8 nitrogen and oxygen atoms in total. The summed E-state index contributed by atoms with van der Waals surface area (Å²) in [7, 11) is -3.72. The minimum Gasteiger partial charge on any atom is -0.375 e. The van der Waals surface area contributed by atoms with Crippen LogP contribution >= 0.6 is 0 Å². The minimum atomic E-state index is -3.72. The van der Waals surface area contributed by atoms with Gasteiger partial charge in [0.05, 0.1) is 9.82 Å². The molecule has 1 aromatic heterocycles. The van der Waals surface area contributed by atoms with Crippen LogP contribution in [-0.4, -0.2) is 18.3 Å². The van der Waals surface area contributed by atoms with Crippen molar-refractivity contribution < 1.29 is 13.3 Å². The van der Waals surface area contributed by atoms with Crippen LogP contribution in [0, 0.1) is 10.1 Å². The van der Waals surface area contributed by atoms with E-state index in [1.54, 1.807) is 12.1 Å². The Morgan fingerprint density at radius 2 is 1.90 bits per heavy atom. The molecule has 0 fully saturated rings. The summed E-state index contributed by atoms with van der Waals surface area (Å²) >= 11 is 0. The van der Waals surface area contributed by atoms with Crippen molar-refractivity contribution in [3.05, 3.63) is 58.4 Å². The van der Waals surface area contributed by atoms with Gasteiger partial charge in [0.15, 0.2) is 0 Å². The van der Waals surface area contributed by atoms with Crippen molar-refractivity contribution in [3.63, 3.8) is 0 Å². The zero-order chi connectivity index (χ0) is 15.5. The molecule has 0 saturated carbocycles. The molecule has 0 bridgehead atoms. The molecule has 9 heteroatoms. The number of nitro groups is 1. The van der Waals surface area contributed by atoms with Gasteiger partial charge in [0.25, 0.3) is 0 Å². The van der Waals surface area contributed by atoms with Gasteiger partial charge < -0.3 is 5.32 Å².